The smallest absolute Gasteiger partial charge is 0.221 e. The minimum atomic E-state index is -0.0419. The lowest BCUT2D eigenvalue weighted by Gasteiger charge is -2.31. The quantitative estimate of drug-likeness (QED) is 0.554. The van der Waals surface area contributed by atoms with E-state index in [-0.39, 0.29) is 5.91 Å². The van der Waals surface area contributed by atoms with Crippen molar-refractivity contribution in [2.45, 2.75) is 57.5 Å². The van der Waals surface area contributed by atoms with Gasteiger partial charge in [0.1, 0.15) is 11.5 Å². The molecule has 2 aromatic rings. The number of carbonyl (C=O) groups is 1. The number of ether oxygens (including phenoxy) is 1. The fourth-order valence-electron chi connectivity index (χ4n) is 5.75. The Kier molecular flexibility index (Phi) is 4.76. The largest absolute Gasteiger partial charge is 0.456 e. The number of nitrogens with one attached hydrogen (secondary N) is 2. The highest BCUT2D eigenvalue weighted by molar-refractivity contribution is 5.92. The summed E-state index contributed by atoms with van der Waals surface area (Å²) in [4.78, 5) is 11.7. The Bertz CT molecular complexity index is 1190. The van der Waals surface area contributed by atoms with Crippen LogP contribution in [0.2, 0.25) is 0 Å². The zero-order valence-electron chi connectivity index (χ0n) is 18.4. The maximum Gasteiger partial charge on any atom is 0.221 e. The lowest BCUT2D eigenvalue weighted by Crippen LogP contribution is -2.35. The molecule has 4 heteroatoms. The monoisotopic (exact) mass is 424 g/mol. The summed E-state index contributed by atoms with van der Waals surface area (Å²) >= 11 is 0. The normalized spacial score (nSPS) is 23.5. The van der Waals surface area contributed by atoms with E-state index in [4.69, 9.17) is 4.74 Å². The van der Waals surface area contributed by atoms with Gasteiger partial charge < -0.3 is 15.4 Å². The number of hydrogen-bond acceptors (Lipinski definition) is 3. The highest BCUT2D eigenvalue weighted by Gasteiger charge is 2.34. The number of hydrogen-bond donors (Lipinski definition) is 2. The van der Waals surface area contributed by atoms with E-state index in [0.717, 1.165) is 54.0 Å². The van der Waals surface area contributed by atoms with Crippen LogP contribution < -0.4 is 15.4 Å². The van der Waals surface area contributed by atoms with Crippen molar-refractivity contribution in [3.8, 4) is 11.5 Å². The van der Waals surface area contributed by atoms with Gasteiger partial charge in [-0.3, -0.25) is 4.79 Å². The fourth-order valence-corrected chi connectivity index (χ4v) is 5.75. The van der Waals surface area contributed by atoms with E-state index in [1.165, 1.54) is 29.5 Å². The minimum absolute atomic E-state index is 0.0419. The van der Waals surface area contributed by atoms with Crippen LogP contribution in [0.5, 0.6) is 11.5 Å². The summed E-state index contributed by atoms with van der Waals surface area (Å²) in [6.45, 7) is 1.56. The highest BCUT2D eigenvalue weighted by atomic mass is 16.5. The average Bonchev–Trinajstić information content (AvgIpc) is 3.14. The Morgan fingerprint density at radius 1 is 0.969 bits per heavy atom. The van der Waals surface area contributed by atoms with Crippen molar-refractivity contribution in [2.24, 2.45) is 0 Å². The van der Waals surface area contributed by atoms with E-state index in [1.54, 1.807) is 12.5 Å². The average molecular weight is 425 g/mol. The first-order valence-corrected chi connectivity index (χ1v) is 11.7. The van der Waals surface area contributed by atoms with Gasteiger partial charge in [0.05, 0.1) is 0 Å². The summed E-state index contributed by atoms with van der Waals surface area (Å²) in [6.07, 6.45) is 11.0. The van der Waals surface area contributed by atoms with E-state index in [9.17, 15) is 4.79 Å². The first-order valence-electron chi connectivity index (χ1n) is 11.7. The van der Waals surface area contributed by atoms with Gasteiger partial charge in [0, 0.05) is 41.4 Å². The van der Waals surface area contributed by atoms with E-state index in [1.807, 2.05) is 6.07 Å². The second-order valence-corrected chi connectivity index (χ2v) is 9.33. The van der Waals surface area contributed by atoms with Gasteiger partial charge in [-0.2, -0.15) is 0 Å². The number of amides is 1. The second-order valence-electron chi connectivity index (χ2n) is 9.33. The zero-order chi connectivity index (χ0) is 21.7. The third kappa shape index (κ3) is 3.39. The van der Waals surface area contributed by atoms with Gasteiger partial charge >= 0.3 is 0 Å². The molecule has 2 N–H and O–H groups in total. The van der Waals surface area contributed by atoms with Crippen LogP contribution in [-0.2, 0) is 4.79 Å². The molecule has 2 aromatic carbocycles. The molecule has 0 radical (unpaired) electrons. The molecule has 4 aliphatic rings. The van der Waals surface area contributed by atoms with Gasteiger partial charge in [-0.1, -0.05) is 42.0 Å². The molecule has 32 heavy (non-hydrogen) atoms. The highest BCUT2D eigenvalue weighted by Crippen LogP contribution is 2.48. The number of piperidine rings is 1. The molecule has 1 aliphatic carbocycles. The first-order chi connectivity index (χ1) is 15.7. The predicted octanol–water partition coefficient (Wildman–Crippen LogP) is 5.71. The Morgan fingerprint density at radius 3 is 2.53 bits per heavy atom. The molecule has 2 fully saturated rings. The van der Waals surface area contributed by atoms with Crippen molar-refractivity contribution in [3.05, 3.63) is 82.6 Å². The number of allylic oxidation sites excluding steroid dienone is 3. The Balaban J connectivity index is 1.45. The number of benzene rings is 2. The second kappa shape index (κ2) is 7.79. The van der Waals surface area contributed by atoms with Gasteiger partial charge in [-0.05, 0) is 67.9 Å². The summed E-state index contributed by atoms with van der Waals surface area (Å²) in [5.41, 5.74) is 8.36. The molecule has 3 heterocycles. The predicted molar refractivity (Wildman–Crippen MR) is 127 cm³/mol. The summed E-state index contributed by atoms with van der Waals surface area (Å²) in [6, 6.07) is 16.2. The van der Waals surface area contributed by atoms with Crippen LogP contribution in [0.4, 0.5) is 0 Å². The van der Waals surface area contributed by atoms with Crippen LogP contribution >= 0.6 is 0 Å². The molecule has 3 aliphatic heterocycles. The molecule has 0 saturated carbocycles. The molecule has 162 valence electrons. The third-order valence-electron chi connectivity index (χ3n) is 7.08. The molecule has 2 unspecified atom stereocenters. The summed E-state index contributed by atoms with van der Waals surface area (Å²) < 4.78 is 6.43. The van der Waals surface area contributed by atoms with E-state index < -0.39 is 0 Å². The van der Waals surface area contributed by atoms with Crippen LogP contribution in [0.15, 0.2) is 65.9 Å². The molecular formula is C28H28N2O2. The lowest BCUT2D eigenvalue weighted by atomic mass is 9.83. The van der Waals surface area contributed by atoms with Gasteiger partial charge in [-0.25, -0.2) is 0 Å². The number of rotatable bonds is 2. The van der Waals surface area contributed by atoms with E-state index >= 15 is 0 Å². The summed E-state index contributed by atoms with van der Waals surface area (Å²) in [5.74, 6) is 1.80. The molecule has 4 nitrogen and oxygen atoms in total. The maximum absolute atomic E-state index is 11.7. The minimum Gasteiger partial charge on any atom is -0.456 e. The van der Waals surface area contributed by atoms with Crippen molar-refractivity contribution in [1.82, 2.24) is 10.6 Å². The third-order valence-corrected chi connectivity index (χ3v) is 7.08. The number of fused-ring (bicyclic) bond motifs is 4. The molecule has 2 atom stereocenters. The van der Waals surface area contributed by atoms with Crippen LogP contribution in [0.1, 0.15) is 62.1 Å². The van der Waals surface area contributed by atoms with Crippen LogP contribution in [0.3, 0.4) is 0 Å². The Morgan fingerprint density at radius 2 is 1.72 bits per heavy atom. The van der Waals surface area contributed by atoms with Crippen molar-refractivity contribution >= 4 is 17.1 Å². The van der Waals surface area contributed by atoms with E-state index in [0.29, 0.717) is 12.1 Å². The summed E-state index contributed by atoms with van der Waals surface area (Å²) in [5, 5.41) is 6.77. The maximum atomic E-state index is 11.7. The van der Waals surface area contributed by atoms with Crippen molar-refractivity contribution in [2.75, 3.05) is 0 Å². The van der Waals surface area contributed by atoms with Crippen molar-refractivity contribution in [1.29, 1.82) is 0 Å². The molecule has 0 aromatic heterocycles. The van der Waals surface area contributed by atoms with Gasteiger partial charge in [0.15, 0.2) is 0 Å². The number of para-hydroxylation sites is 1. The zero-order valence-corrected chi connectivity index (χ0v) is 18.4. The van der Waals surface area contributed by atoms with Gasteiger partial charge in [0.2, 0.25) is 5.91 Å². The standard InChI is InChI=1S/C28H28N2O2/c1-17(31)29-25-8-4-2-6-22(25)18-10-13-24-27(16-18)32-26-9-5-3-7-23(26)28(24)19-14-20-11-12-21(15-19)30-20/h3,5-10,13,16,20-21,30H,2,4,11-12,14-15H2,1H3,(H,29,31). The number of carbonyl (C=O) groups excluding carboxylic acids is 1. The molecule has 2 bridgehead atoms. The molecule has 1 amide bonds. The van der Waals surface area contributed by atoms with Crippen LogP contribution in [-0.4, -0.2) is 18.0 Å². The van der Waals surface area contributed by atoms with Crippen molar-refractivity contribution in [3.63, 3.8) is 0 Å². The Labute approximate surface area is 189 Å². The summed E-state index contributed by atoms with van der Waals surface area (Å²) in [7, 11) is 0. The van der Waals surface area contributed by atoms with Crippen LogP contribution in [0.25, 0.3) is 11.1 Å². The van der Waals surface area contributed by atoms with Crippen LogP contribution in [0, 0.1) is 0 Å². The SMILES string of the molecule is CC(=O)NC1=CCCC=C1c1ccc2c(c1)Oc1ccccc1C2=C1CC2CCC(C1)N2. The topological polar surface area (TPSA) is 50.4 Å². The molecule has 6 rings (SSSR count). The molecular weight excluding hydrogens is 396 g/mol. The molecule has 2 saturated heterocycles. The Hall–Kier alpha value is -3.11. The van der Waals surface area contributed by atoms with Crippen molar-refractivity contribution < 1.29 is 9.53 Å². The first kappa shape index (κ1) is 19.6. The van der Waals surface area contributed by atoms with E-state index in [2.05, 4.69) is 59.2 Å². The van der Waals surface area contributed by atoms with Gasteiger partial charge in [-0.15, -0.1) is 0 Å². The molecule has 0 spiro atoms. The van der Waals surface area contributed by atoms with Gasteiger partial charge in [0.25, 0.3) is 0 Å². The fraction of sp³-hybridized carbons (Fsp3) is 0.321. The lowest BCUT2D eigenvalue weighted by molar-refractivity contribution is -0.118.